The minimum Gasteiger partial charge on any atom is -0.454 e. The Bertz CT molecular complexity index is 448. The molecule has 1 aromatic carbocycles. The van der Waals surface area contributed by atoms with Gasteiger partial charge in [-0.25, -0.2) is 0 Å². The van der Waals surface area contributed by atoms with Gasteiger partial charge in [0.15, 0.2) is 16.6 Å². The van der Waals surface area contributed by atoms with Crippen molar-refractivity contribution in [1.82, 2.24) is 10.7 Å². The van der Waals surface area contributed by atoms with Crippen LogP contribution in [0.3, 0.4) is 0 Å². The van der Waals surface area contributed by atoms with Crippen LogP contribution in [0.4, 0.5) is 0 Å². The van der Waals surface area contributed by atoms with Gasteiger partial charge in [-0.3, -0.25) is 5.43 Å². The predicted octanol–water partition coefficient (Wildman–Crippen LogP) is 1.23. The second kappa shape index (κ2) is 5.49. The Morgan fingerprint density at radius 3 is 3.12 bits per heavy atom. The van der Waals surface area contributed by atoms with Crippen LogP contribution in [-0.4, -0.2) is 24.7 Å². The lowest BCUT2D eigenvalue weighted by molar-refractivity contribution is 0.174. The molecule has 2 rings (SSSR count). The number of rotatable bonds is 3. The van der Waals surface area contributed by atoms with E-state index in [0.717, 1.165) is 23.6 Å². The highest BCUT2D eigenvalue weighted by molar-refractivity contribution is 7.80. The Labute approximate surface area is 105 Å². The Hall–Kier alpha value is -1.82. The zero-order valence-electron chi connectivity index (χ0n) is 9.40. The van der Waals surface area contributed by atoms with Crippen molar-refractivity contribution in [2.75, 3.05) is 13.3 Å². The van der Waals surface area contributed by atoms with E-state index in [4.69, 9.17) is 21.7 Å². The van der Waals surface area contributed by atoms with E-state index in [2.05, 4.69) is 15.8 Å². The molecular formula is C11H13N3O2S. The molecule has 1 aromatic rings. The van der Waals surface area contributed by atoms with E-state index in [-0.39, 0.29) is 6.79 Å². The Morgan fingerprint density at radius 1 is 1.47 bits per heavy atom. The van der Waals surface area contributed by atoms with Crippen LogP contribution in [0.5, 0.6) is 11.5 Å². The average molecular weight is 251 g/mol. The lowest BCUT2D eigenvalue weighted by Gasteiger charge is -2.02. The number of hydrazone groups is 1. The summed E-state index contributed by atoms with van der Waals surface area (Å²) in [5.74, 6) is 1.50. The van der Waals surface area contributed by atoms with Gasteiger partial charge >= 0.3 is 0 Å². The van der Waals surface area contributed by atoms with Gasteiger partial charge in [-0.15, -0.1) is 0 Å². The molecule has 0 aromatic heterocycles. The first kappa shape index (κ1) is 11.7. The van der Waals surface area contributed by atoms with E-state index in [1.165, 1.54) is 0 Å². The Kier molecular flexibility index (Phi) is 3.77. The summed E-state index contributed by atoms with van der Waals surface area (Å²) < 4.78 is 10.5. The van der Waals surface area contributed by atoms with Crippen molar-refractivity contribution in [1.29, 1.82) is 0 Å². The fourth-order valence-electron chi connectivity index (χ4n) is 1.36. The van der Waals surface area contributed by atoms with Crippen molar-refractivity contribution in [3.63, 3.8) is 0 Å². The molecule has 0 spiro atoms. The first-order valence-corrected chi connectivity index (χ1v) is 5.67. The molecule has 6 heteroatoms. The van der Waals surface area contributed by atoms with Crippen LogP contribution in [-0.2, 0) is 0 Å². The SMILES string of the molecule is CCNC(=S)NN=Cc1ccc2c(c1)OCO2. The number of thiocarbonyl (C=S) groups is 1. The highest BCUT2D eigenvalue weighted by Gasteiger charge is 2.12. The van der Waals surface area contributed by atoms with E-state index >= 15 is 0 Å². The molecule has 5 nitrogen and oxygen atoms in total. The molecule has 0 saturated heterocycles. The lowest BCUT2D eigenvalue weighted by atomic mass is 10.2. The fraction of sp³-hybridized carbons (Fsp3) is 0.273. The summed E-state index contributed by atoms with van der Waals surface area (Å²) in [7, 11) is 0. The summed E-state index contributed by atoms with van der Waals surface area (Å²) in [5.41, 5.74) is 3.64. The number of benzene rings is 1. The van der Waals surface area contributed by atoms with Crippen LogP contribution in [0, 0.1) is 0 Å². The molecule has 90 valence electrons. The summed E-state index contributed by atoms with van der Waals surface area (Å²) in [5, 5.41) is 7.45. The summed E-state index contributed by atoms with van der Waals surface area (Å²) in [6.45, 7) is 3.01. The van der Waals surface area contributed by atoms with Gasteiger partial charge < -0.3 is 14.8 Å². The molecule has 17 heavy (non-hydrogen) atoms. The van der Waals surface area contributed by atoms with Gasteiger partial charge in [0.25, 0.3) is 0 Å². The second-order valence-corrected chi connectivity index (χ2v) is 3.75. The van der Waals surface area contributed by atoms with Crippen molar-refractivity contribution in [2.45, 2.75) is 6.92 Å². The third-order valence-electron chi connectivity index (χ3n) is 2.11. The zero-order chi connectivity index (χ0) is 12.1. The number of hydrogen-bond donors (Lipinski definition) is 2. The van der Waals surface area contributed by atoms with Crippen LogP contribution < -0.4 is 20.2 Å². The van der Waals surface area contributed by atoms with E-state index in [1.54, 1.807) is 6.21 Å². The Balaban J connectivity index is 1.95. The standard InChI is InChI=1S/C11H13N3O2S/c1-2-12-11(17)14-13-6-8-3-4-9-10(5-8)16-7-15-9/h3-6H,2,7H2,1H3,(H2,12,14,17). The van der Waals surface area contributed by atoms with Gasteiger partial charge in [-0.1, -0.05) is 0 Å². The van der Waals surface area contributed by atoms with Crippen LogP contribution in [0.25, 0.3) is 0 Å². The van der Waals surface area contributed by atoms with Gasteiger partial charge in [-0.05, 0) is 42.9 Å². The monoisotopic (exact) mass is 251 g/mol. The number of fused-ring (bicyclic) bond motifs is 1. The van der Waals surface area contributed by atoms with Gasteiger partial charge in [-0.2, -0.15) is 5.10 Å². The molecule has 0 amide bonds. The molecule has 0 atom stereocenters. The Morgan fingerprint density at radius 2 is 2.29 bits per heavy atom. The van der Waals surface area contributed by atoms with E-state index in [1.807, 2.05) is 25.1 Å². The van der Waals surface area contributed by atoms with Gasteiger partial charge in [0, 0.05) is 6.54 Å². The van der Waals surface area contributed by atoms with Crippen LogP contribution in [0.2, 0.25) is 0 Å². The molecule has 0 saturated carbocycles. The first-order chi connectivity index (χ1) is 8.29. The van der Waals surface area contributed by atoms with Crippen LogP contribution in [0.1, 0.15) is 12.5 Å². The predicted molar refractivity (Wildman–Crippen MR) is 69.6 cm³/mol. The molecule has 1 heterocycles. The quantitative estimate of drug-likeness (QED) is 0.481. The third kappa shape index (κ3) is 3.07. The maximum atomic E-state index is 5.26. The van der Waals surface area contributed by atoms with E-state index in [9.17, 15) is 0 Å². The number of hydrogen-bond acceptors (Lipinski definition) is 4. The number of ether oxygens (including phenoxy) is 2. The van der Waals surface area contributed by atoms with Crippen molar-refractivity contribution in [3.8, 4) is 11.5 Å². The van der Waals surface area contributed by atoms with Crippen molar-refractivity contribution in [2.24, 2.45) is 5.10 Å². The van der Waals surface area contributed by atoms with Gasteiger partial charge in [0.1, 0.15) is 0 Å². The van der Waals surface area contributed by atoms with E-state index < -0.39 is 0 Å². The normalized spacial score (nSPS) is 12.8. The highest BCUT2D eigenvalue weighted by atomic mass is 32.1. The average Bonchev–Trinajstić information content (AvgIpc) is 2.76. The van der Waals surface area contributed by atoms with Crippen molar-refractivity contribution < 1.29 is 9.47 Å². The molecule has 0 unspecified atom stereocenters. The zero-order valence-corrected chi connectivity index (χ0v) is 10.2. The topological polar surface area (TPSA) is 54.9 Å². The van der Waals surface area contributed by atoms with Crippen molar-refractivity contribution >= 4 is 23.5 Å². The smallest absolute Gasteiger partial charge is 0.231 e. The van der Waals surface area contributed by atoms with E-state index in [0.29, 0.717) is 5.11 Å². The number of nitrogens with zero attached hydrogens (tertiary/aromatic N) is 1. The molecule has 0 bridgehead atoms. The summed E-state index contributed by atoms with van der Waals surface area (Å²) in [6, 6.07) is 5.62. The molecule has 0 fully saturated rings. The number of nitrogens with one attached hydrogen (secondary N) is 2. The maximum absolute atomic E-state index is 5.26. The largest absolute Gasteiger partial charge is 0.454 e. The van der Waals surface area contributed by atoms with Crippen molar-refractivity contribution in [3.05, 3.63) is 23.8 Å². The minimum atomic E-state index is 0.276. The highest BCUT2D eigenvalue weighted by Crippen LogP contribution is 2.31. The summed E-state index contributed by atoms with van der Waals surface area (Å²) in [6.07, 6.45) is 1.67. The second-order valence-electron chi connectivity index (χ2n) is 3.34. The van der Waals surface area contributed by atoms with Crippen LogP contribution >= 0.6 is 12.2 Å². The van der Waals surface area contributed by atoms with Crippen LogP contribution in [0.15, 0.2) is 23.3 Å². The lowest BCUT2D eigenvalue weighted by Crippen LogP contribution is -2.31. The molecule has 1 aliphatic rings. The molecular weight excluding hydrogens is 238 g/mol. The third-order valence-corrected chi connectivity index (χ3v) is 2.35. The van der Waals surface area contributed by atoms with Gasteiger partial charge in [0.2, 0.25) is 6.79 Å². The molecule has 0 radical (unpaired) electrons. The summed E-state index contributed by atoms with van der Waals surface area (Å²) in [4.78, 5) is 0. The van der Waals surface area contributed by atoms with Gasteiger partial charge in [0.05, 0.1) is 6.21 Å². The minimum absolute atomic E-state index is 0.276. The maximum Gasteiger partial charge on any atom is 0.231 e. The fourth-order valence-corrected chi connectivity index (χ4v) is 1.56. The molecule has 0 aliphatic carbocycles. The summed E-state index contributed by atoms with van der Waals surface area (Å²) >= 11 is 4.97. The molecule has 2 N–H and O–H groups in total. The molecule has 1 aliphatic heterocycles. The first-order valence-electron chi connectivity index (χ1n) is 5.26.